The van der Waals surface area contributed by atoms with E-state index in [9.17, 15) is 9.18 Å². The van der Waals surface area contributed by atoms with E-state index in [4.69, 9.17) is 4.98 Å². The number of nitrogens with zero attached hydrogens (tertiary/aromatic N) is 5. The zero-order chi connectivity index (χ0) is 25.4. The molecule has 2 saturated carbocycles. The average Bonchev–Trinajstić information content (AvgIpc) is 3.83. The fourth-order valence-electron chi connectivity index (χ4n) is 5.80. The SMILES string of the molecule is CC(C)n1c(=O)c2cnc(Nc3ccc4c(c3)CCNC43CC3)nc2n1-c1ccnc(C2(CF)CC2)c1. The molecular formula is C28H30FN7O. The van der Waals surface area contributed by atoms with E-state index in [0.717, 1.165) is 42.9 Å². The zero-order valence-corrected chi connectivity index (χ0v) is 21.1. The van der Waals surface area contributed by atoms with Gasteiger partial charge in [-0.3, -0.25) is 14.2 Å². The quantitative estimate of drug-likeness (QED) is 0.408. The number of anilines is 2. The van der Waals surface area contributed by atoms with Crippen LogP contribution in [0.25, 0.3) is 16.7 Å². The predicted octanol–water partition coefficient (Wildman–Crippen LogP) is 4.44. The lowest BCUT2D eigenvalue weighted by Gasteiger charge is -2.27. The highest BCUT2D eigenvalue weighted by Crippen LogP contribution is 2.49. The first kappa shape index (κ1) is 22.6. The number of fused-ring (bicyclic) bond motifs is 3. The van der Waals surface area contributed by atoms with Crippen molar-refractivity contribution in [3.8, 4) is 5.69 Å². The van der Waals surface area contributed by atoms with E-state index < -0.39 is 12.1 Å². The topological polar surface area (TPSA) is 89.7 Å². The molecule has 0 bridgehead atoms. The van der Waals surface area contributed by atoms with Crippen LogP contribution in [0, 0.1) is 0 Å². The molecule has 9 heteroatoms. The summed E-state index contributed by atoms with van der Waals surface area (Å²) in [6, 6.07) is 10.1. The van der Waals surface area contributed by atoms with Crippen LogP contribution in [-0.2, 0) is 17.4 Å². The fraction of sp³-hybridized carbons (Fsp3) is 0.429. The highest BCUT2D eigenvalue weighted by atomic mass is 19.1. The number of aromatic nitrogens is 5. The van der Waals surface area contributed by atoms with E-state index in [2.05, 4.69) is 38.8 Å². The molecule has 0 unspecified atom stereocenters. The van der Waals surface area contributed by atoms with Crippen LogP contribution in [0.5, 0.6) is 0 Å². The molecule has 4 aromatic rings. The van der Waals surface area contributed by atoms with E-state index in [1.165, 1.54) is 24.0 Å². The van der Waals surface area contributed by atoms with Gasteiger partial charge in [0.2, 0.25) is 5.95 Å². The maximum atomic E-state index is 13.8. The van der Waals surface area contributed by atoms with Crippen LogP contribution < -0.4 is 16.2 Å². The van der Waals surface area contributed by atoms with E-state index in [-0.39, 0.29) is 17.1 Å². The normalized spacial score (nSPS) is 18.8. The van der Waals surface area contributed by atoms with Gasteiger partial charge in [-0.2, -0.15) is 4.98 Å². The molecule has 1 aliphatic heterocycles. The van der Waals surface area contributed by atoms with E-state index in [0.29, 0.717) is 17.0 Å². The molecule has 0 radical (unpaired) electrons. The monoisotopic (exact) mass is 499 g/mol. The number of benzene rings is 1. The first-order valence-electron chi connectivity index (χ1n) is 13.1. The highest BCUT2D eigenvalue weighted by molar-refractivity contribution is 5.77. The average molecular weight is 500 g/mol. The molecule has 4 heterocycles. The molecule has 2 fully saturated rings. The van der Waals surface area contributed by atoms with E-state index in [1.54, 1.807) is 17.1 Å². The van der Waals surface area contributed by atoms with Gasteiger partial charge in [-0.25, -0.2) is 14.3 Å². The van der Waals surface area contributed by atoms with Crippen molar-refractivity contribution in [1.82, 2.24) is 29.6 Å². The summed E-state index contributed by atoms with van der Waals surface area (Å²) in [5.74, 6) is 0.425. The van der Waals surface area contributed by atoms with Gasteiger partial charge in [0.15, 0.2) is 5.65 Å². The molecule has 0 saturated heterocycles. The molecule has 3 aliphatic rings. The van der Waals surface area contributed by atoms with Crippen molar-refractivity contribution in [2.24, 2.45) is 0 Å². The lowest BCUT2D eigenvalue weighted by Crippen LogP contribution is -2.36. The zero-order valence-electron chi connectivity index (χ0n) is 21.1. The van der Waals surface area contributed by atoms with Crippen molar-refractivity contribution in [1.29, 1.82) is 0 Å². The Balaban J connectivity index is 1.31. The van der Waals surface area contributed by atoms with E-state index in [1.807, 2.05) is 30.7 Å². The number of pyridine rings is 1. The van der Waals surface area contributed by atoms with Gasteiger partial charge in [-0.15, -0.1) is 0 Å². The molecule has 37 heavy (non-hydrogen) atoms. The predicted molar refractivity (Wildman–Crippen MR) is 141 cm³/mol. The summed E-state index contributed by atoms with van der Waals surface area (Å²) in [6.45, 7) is 4.49. The van der Waals surface area contributed by atoms with Crippen molar-refractivity contribution in [3.63, 3.8) is 0 Å². The van der Waals surface area contributed by atoms with Gasteiger partial charge < -0.3 is 10.6 Å². The van der Waals surface area contributed by atoms with Crippen LogP contribution in [0.15, 0.2) is 47.5 Å². The Morgan fingerprint density at radius 3 is 2.70 bits per heavy atom. The molecule has 190 valence electrons. The van der Waals surface area contributed by atoms with Gasteiger partial charge in [0.05, 0.1) is 11.4 Å². The molecule has 1 aromatic carbocycles. The van der Waals surface area contributed by atoms with Gasteiger partial charge in [0.25, 0.3) is 5.56 Å². The number of alkyl halides is 1. The summed E-state index contributed by atoms with van der Waals surface area (Å²) in [6.07, 6.45) is 8.25. The summed E-state index contributed by atoms with van der Waals surface area (Å²) in [4.78, 5) is 27.1. The van der Waals surface area contributed by atoms with Crippen LogP contribution in [0.4, 0.5) is 16.0 Å². The largest absolute Gasteiger partial charge is 0.324 e. The van der Waals surface area contributed by atoms with Crippen molar-refractivity contribution >= 4 is 22.7 Å². The Labute approximate surface area is 213 Å². The van der Waals surface area contributed by atoms with Crippen LogP contribution in [0.2, 0.25) is 0 Å². The molecule has 2 N–H and O–H groups in total. The Bertz CT molecular complexity index is 1600. The lowest BCUT2D eigenvalue weighted by atomic mass is 9.92. The standard InChI is InChI=1S/C28H30FN7O/c1-17(2)35-25(37)21-15-31-26(33-19-3-4-22-18(13-19)5-12-32-28(22)9-10-28)34-24(21)36(35)20-6-11-30-23(14-20)27(16-29)7-8-27/h3-4,6,11,13-15,17,32H,5,7-10,12,16H2,1-2H3,(H,31,33,34). The van der Waals surface area contributed by atoms with Gasteiger partial charge >= 0.3 is 0 Å². The Morgan fingerprint density at radius 2 is 1.97 bits per heavy atom. The Kier molecular flexibility index (Phi) is 4.86. The third-order valence-electron chi connectivity index (χ3n) is 8.24. The van der Waals surface area contributed by atoms with Gasteiger partial charge in [0, 0.05) is 41.6 Å². The maximum absolute atomic E-state index is 13.8. The Morgan fingerprint density at radius 1 is 1.14 bits per heavy atom. The number of hydrogen-bond donors (Lipinski definition) is 2. The minimum atomic E-state index is -0.495. The van der Waals surface area contributed by atoms with Gasteiger partial charge in [-0.05, 0) is 81.3 Å². The van der Waals surface area contributed by atoms with Crippen LogP contribution >= 0.6 is 0 Å². The van der Waals surface area contributed by atoms with Crippen LogP contribution in [-0.4, -0.2) is 37.5 Å². The lowest BCUT2D eigenvalue weighted by molar-refractivity contribution is 0.411. The third kappa shape index (κ3) is 3.51. The maximum Gasteiger partial charge on any atom is 0.278 e. The van der Waals surface area contributed by atoms with Gasteiger partial charge in [0.1, 0.15) is 12.1 Å². The first-order chi connectivity index (χ1) is 17.9. The summed E-state index contributed by atoms with van der Waals surface area (Å²) in [5.41, 5.74) is 5.20. The second kappa shape index (κ2) is 7.95. The van der Waals surface area contributed by atoms with Crippen LogP contribution in [0.1, 0.15) is 62.4 Å². The molecule has 0 amide bonds. The number of hydrogen-bond acceptors (Lipinski definition) is 6. The fourth-order valence-corrected chi connectivity index (χ4v) is 5.80. The molecule has 8 nitrogen and oxygen atoms in total. The molecule has 0 atom stereocenters. The van der Waals surface area contributed by atoms with Crippen LogP contribution in [0.3, 0.4) is 0 Å². The highest BCUT2D eigenvalue weighted by Gasteiger charge is 2.47. The molecule has 3 aromatic heterocycles. The minimum absolute atomic E-state index is 0.116. The van der Waals surface area contributed by atoms with E-state index >= 15 is 0 Å². The van der Waals surface area contributed by atoms with Gasteiger partial charge in [-0.1, -0.05) is 6.07 Å². The number of rotatable bonds is 6. The smallest absolute Gasteiger partial charge is 0.278 e. The second-order valence-corrected chi connectivity index (χ2v) is 11.1. The first-order valence-corrected chi connectivity index (χ1v) is 13.1. The van der Waals surface area contributed by atoms with Crippen molar-refractivity contribution in [2.75, 3.05) is 18.5 Å². The summed E-state index contributed by atoms with van der Waals surface area (Å²) >= 11 is 0. The molecule has 2 aliphatic carbocycles. The summed E-state index contributed by atoms with van der Waals surface area (Å²) in [5, 5.41) is 7.47. The summed E-state index contributed by atoms with van der Waals surface area (Å²) in [7, 11) is 0. The van der Waals surface area contributed by atoms with Crippen molar-refractivity contribution < 1.29 is 4.39 Å². The number of nitrogens with one attached hydrogen (secondary N) is 2. The molecule has 7 rings (SSSR count). The number of halogens is 1. The van der Waals surface area contributed by atoms with Crippen molar-refractivity contribution in [3.05, 3.63) is 69.9 Å². The minimum Gasteiger partial charge on any atom is -0.324 e. The summed E-state index contributed by atoms with van der Waals surface area (Å²) < 4.78 is 17.3. The van der Waals surface area contributed by atoms with Crippen molar-refractivity contribution in [2.45, 2.75) is 62.9 Å². The Hall–Kier alpha value is -3.59. The molecular weight excluding hydrogens is 469 g/mol. The molecule has 1 spiro atoms. The second-order valence-electron chi connectivity index (χ2n) is 11.1. The third-order valence-corrected chi connectivity index (χ3v) is 8.24.